The van der Waals surface area contributed by atoms with E-state index in [1.807, 2.05) is 7.11 Å². The molecule has 2 atom stereocenters. The third-order valence-electron chi connectivity index (χ3n) is 5.73. The monoisotopic (exact) mass is 332 g/mol. The van der Waals surface area contributed by atoms with Gasteiger partial charge < -0.3 is 25.1 Å². The normalized spacial score (nSPS) is 31.4. The molecule has 1 fully saturated rings. The summed E-state index contributed by atoms with van der Waals surface area (Å²) >= 11 is 0. The maximum Gasteiger partial charge on any atom is 0.371 e. The molecule has 0 saturated carbocycles. The third-order valence-corrected chi connectivity index (χ3v) is 10.3. The highest BCUT2D eigenvalue weighted by Crippen LogP contribution is 2.57. The van der Waals surface area contributed by atoms with Crippen molar-refractivity contribution in [2.24, 2.45) is 16.9 Å². The molecule has 0 radical (unpaired) electrons. The molecule has 0 aromatic carbocycles. The fourth-order valence-corrected chi connectivity index (χ4v) is 9.27. The average molecular weight is 333 g/mol. The molecular weight excluding hydrogens is 296 g/mol. The van der Waals surface area contributed by atoms with E-state index in [0.29, 0.717) is 13.1 Å². The molecule has 1 aliphatic rings. The maximum atomic E-state index is 6.30. The van der Waals surface area contributed by atoms with Crippen LogP contribution in [-0.2, 0) is 13.6 Å². The predicted octanol–water partition coefficient (Wildman–Crippen LogP) is 2.31. The molecule has 1 saturated heterocycles. The Kier molecular flexibility index (Phi) is 7.98. The van der Waals surface area contributed by atoms with Crippen molar-refractivity contribution in [3.05, 3.63) is 0 Å². The number of rotatable bonds is 10. The zero-order valence-corrected chi connectivity index (χ0v) is 16.0. The summed E-state index contributed by atoms with van der Waals surface area (Å²) in [5.74, 6) is 0. The van der Waals surface area contributed by atoms with Crippen LogP contribution in [0.5, 0.6) is 0 Å². The van der Waals surface area contributed by atoms with Gasteiger partial charge in [0.05, 0.1) is 0 Å². The van der Waals surface area contributed by atoms with Crippen LogP contribution in [0.15, 0.2) is 0 Å². The molecule has 0 spiro atoms. The van der Waals surface area contributed by atoms with Crippen molar-refractivity contribution in [2.45, 2.75) is 63.1 Å². The minimum Gasteiger partial charge on any atom is -0.396 e. The second-order valence-corrected chi connectivity index (χ2v) is 10.1. The van der Waals surface area contributed by atoms with Crippen molar-refractivity contribution < 1.29 is 13.6 Å². The summed E-state index contributed by atoms with van der Waals surface area (Å²) in [5, 5.41) is -0.342. The van der Waals surface area contributed by atoms with Crippen LogP contribution in [0.4, 0.5) is 0 Å². The van der Waals surface area contributed by atoms with Gasteiger partial charge in [-0.05, 0) is 51.2 Å². The van der Waals surface area contributed by atoms with Gasteiger partial charge in [0.15, 0.2) is 0 Å². The van der Waals surface area contributed by atoms with Crippen molar-refractivity contribution in [1.29, 1.82) is 0 Å². The highest BCUT2D eigenvalue weighted by Gasteiger charge is 2.68. The van der Waals surface area contributed by atoms with Gasteiger partial charge in [0.1, 0.15) is 5.22 Å². The van der Waals surface area contributed by atoms with Gasteiger partial charge in [-0.1, -0.05) is 19.8 Å². The summed E-state index contributed by atoms with van der Waals surface area (Å²) in [6.45, 7) is 3.57. The fourth-order valence-electron chi connectivity index (χ4n) is 4.86. The standard InChI is InChI=1S/C16H36N2O3Si/c1-5-8-16(19-2)15(11-13-18,9-6-12-17)10-7-14-22(16,20-3)21-4/h5-14,17-18H2,1-4H3. The number of hydrogen-bond donors (Lipinski definition) is 2. The van der Waals surface area contributed by atoms with Crippen LogP contribution >= 0.6 is 0 Å². The quantitative estimate of drug-likeness (QED) is 0.600. The molecule has 6 heteroatoms. The lowest BCUT2D eigenvalue weighted by Gasteiger charge is -2.59. The first kappa shape index (κ1) is 20.1. The Balaban J connectivity index is 3.40. The molecule has 0 aliphatic carbocycles. The van der Waals surface area contributed by atoms with Crippen LogP contribution in [0.1, 0.15) is 51.9 Å². The molecule has 1 heterocycles. The van der Waals surface area contributed by atoms with Crippen molar-refractivity contribution >= 4 is 8.56 Å². The minimum absolute atomic E-state index is 0.0162. The molecule has 5 nitrogen and oxygen atoms in total. The molecule has 0 aromatic rings. The molecule has 1 aliphatic heterocycles. The lowest BCUT2D eigenvalue weighted by molar-refractivity contribution is -0.115. The van der Waals surface area contributed by atoms with Gasteiger partial charge >= 0.3 is 8.56 Å². The lowest BCUT2D eigenvalue weighted by atomic mass is 9.69. The van der Waals surface area contributed by atoms with E-state index in [-0.39, 0.29) is 10.6 Å². The zero-order valence-electron chi connectivity index (χ0n) is 15.0. The van der Waals surface area contributed by atoms with Crippen LogP contribution in [-0.4, -0.2) is 48.2 Å². The molecule has 132 valence electrons. The molecule has 4 N–H and O–H groups in total. The van der Waals surface area contributed by atoms with Gasteiger partial charge in [-0.25, -0.2) is 0 Å². The Morgan fingerprint density at radius 2 is 1.68 bits per heavy atom. The average Bonchev–Trinajstić information content (AvgIpc) is 2.55. The van der Waals surface area contributed by atoms with Gasteiger partial charge in [-0.15, -0.1) is 0 Å². The highest BCUT2D eigenvalue weighted by molar-refractivity contribution is 6.71. The Bertz CT molecular complexity index is 325. The van der Waals surface area contributed by atoms with Gasteiger partial charge in [-0.3, -0.25) is 0 Å². The molecule has 2 unspecified atom stereocenters. The highest BCUT2D eigenvalue weighted by atomic mass is 28.4. The predicted molar refractivity (Wildman–Crippen MR) is 92.9 cm³/mol. The molecule has 22 heavy (non-hydrogen) atoms. The SMILES string of the molecule is CCCC1(OC)C(CCN)(CCCN)CCC[Si]1(OC)OC. The van der Waals surface area contributed by atoms with Gasteiger partial charge in [0.2, 0.25) is 0 Å². The summed E-state index contributed by atoms with van der Waals surface area (Å²) in [7, 11) is 2.94. The van der Waals surface area contributed by atoms with E-state index < -0.39 is 8.56 Å². The second kappa shape index (κ2) is 8.75. The second-order valence-electron chi connectivity index (χ2n) is 6.51. The number of hydrogen-bond acceptors (Lipinski definition) is 5. The Morgan fingerprint density at radius 1 is 1.00 bits per heavy atom. The molecule has 0 bridgehead atoms. The van der Waals surface area contributed by atoms with Crippen LogP contribution < -0.4 is 11.5 Å². The van der Waals surface area contributed by atoms with Gasteiger partial charge in [-0.2, -0.15) is 0 Å². The largest absolute Gasteiger partial charge is 0.396 e. The summed E-state index contributed by atoms with van der Waals surface area (Å²) in [6, 6.07) is 0.989. The molecule has 0 amide bonds. The van der Waals surface area contributed by atoms with Crippen molar-refractivity contribution in [2.75, 3.05) is 34.4 Å². The maximum absolute atomic E-state index is 6.30. The van der Waals surface area contributed by atoms with E-state index in [1.165, 1.54) is 0 Å². The van der Waals surface area contributed by atoms with E-state index in [9.17, 15) is 0 Å². The van der Waals surface area contributed by atoms with Gasteiger partial charge in [0, 0.05) is 26.7 Å². The third kappa shape index (κ3) is 3.14. The van der Waals surface area contributed by atoms with Crippen molar-refractivity contribution in [1.82, 2.24) is 0 Å². The van der Waals surface area contributed by atoms with E-state index in [4.69, 9.17) is 25.1 Å². The summed E-state index contributed by atoms with van der Waals surface area (Å²) < 4.78 is 18.5. The fraction of sp³-hybridized carbons (Fsp3) is 1.00. The van der Waals surface area contributed by atoms with Crippen LogP contribution in [0.2, 0.25) is 6.04 Å². The Morgan fingerprint density at radius 3 is 2.14 bits per heavy atom. The first-order valence-corrected chi connectivity index (χ1v) is 10.7. The number of nitrogens with two attached hydrogens (primary N) is 2. The van der Waals surface area contributed by atoms with E-state index in [2.05, 4.69) is 6.92 Å². The molecular formula is C16H36N2O3Si. The summed E-state index contributed by atoms with van der Waals surface area (Å²) in [4.78, 5) is 0. The van der Waals surface area contributed by atoms with E-state index >= 15 is 0 Å². The van der Waals surface area contributed by atoms with E-state index in [1.54, 1.807) is 14.2 Å². The van der Waals surface area contributed by atoms with E-state index in [0.717, 1.165) is 51.0 Å². The first-order valence-electron chi connectivity index (χ1n) is 8.63. The van der Waals surface area contributed by atoms with Crippen molar-refractivity contribution in [3.63, 3.8) is 0 Å². The van der Waals surface area contributed by atoms with Crippen LogP contribution in [0.3, 0.4) is 0 Å². The topological polar surface area (TPSA) is 79.7 Å². The molecule has 0 aromatic heterocycles. The van der Waals surface area contributed by atoms with Crippen molar-refractivity contribution in [3.8, 4) is 0 Å². The Labute approximate surface area is 137 Å². The molecule has 1 rings (SSSR count). The first-order chi connectivity index (χ1) is 10.6. The summed E-state index contributed by atoms with van der Waals surface area (Å²) in [6.07, 6.45) is 7.23. The van der Waals surface area contributed by atoms with Crippen LogP contribution in [0.25, 0.3) is 0 Å². The lowest BCUT2D eigenvalue weighted by Crippen LogP contribution is -2.73. The minimum atomic E-state index is -2.47. The number of ether oxygens (including phenoxy) is 1. The zero-order chi connectivity index (χ0) is 16.7. The summed E-state index contributed by atoms with van der Waals surface area (Å²) in [5.41, 5.74) is 11.8. The van der Waals surface area contributed by atoms with Crippen LogP contribution in [0, 0.1) is 5.41 Å². The Hall–Kier alpha value is 0.0169. The number of methoxy groups -OCH3 is 1. The smallest absolute Gasteiger partial charge is 0.371 e. The van der Waals surface area contributed by atoms with Gasteiger partial charge in [0.25, 0.3) is 0 Å².